The number of carbonyl (C=O) groups excluding carboxylic acids is 4. The van der Waals surface area contributed by atoms with E-state index in [-0.39, 0.29) is 36.1 Å². The third kappa shape index (κ3) is 12.7. The quantitative estimate of drug-likeness (QED) is 0.131. The van der Waals surface area contributed by atoms with Crippen LogP contribution in [0.25, 0.3) is 0 Å². The van der Waals surface area contributed by atoms with Gasteiger partial charge in [-0.1, -0.05) is 39.7 Å². The summed E-state index contributed by atoms with van der Waals surface area (Å²) in [7, 11) is 0. The highest BCUT2D eigenvalue weighted by molar-refractivity contribution is 5.77. The minimum Gasteiger partial charge on any atom is -0.458 e. The number of ether oxygens (including phenoxy) is 6. The van der Waals surface area contributed by atoms with Crippen LogP contribution in [0.5, 0.6) is 11.5 Å². The summed E-state index contributed by atoms with van der Waals surface area (Å²) < 4.78 is 32.1. The Kier molecular flexibility index (Phi) is 15.4. The summed E-state index contributed by atoms with van der Waals surface area (Å²) in [4.78, 5) is 49.9. The first-order valence-corrected chi connectivity index (χ1v) is 14.7. The lowest BCUT2D eigenvalue weighted by Gasteiger charge is -2.27. The van der Waals surface area contributed by atoms with E-state index in [4.69, 9.17) is 34.2 Å². The van der Waals surface area contributed by atoms with Crippen LogP contribution in [0, 0.1) is 5.41 Å². The van der Waals surface area contributed by atoms with Crippen molar-refractivity contribution in [2.45, 2.75) is 131 Å². The van der Waals surface area contributed by atoms with Gasteiger partial charge in [0, 0.05) is 0 Å². The Morgan fingerprint density at radius 2 is 1.26 bits per heavy atom. The Bertz CT molecular complexity index is 1040. The molecule has 2 unspecified atom stereocenters. The van der Waals surface area contributed by atoms with Crippen molar-refractivity contribution < 1.29 is 47.6 Å². The highest BCUT2D eigenvalue weighted by Crippen LogP contribution is 2.30. The maximum Gasteiger partial charge on any atom is 0.514 e. The standard InChI is InChI=1S/C31H49NO10/c1-10-13-19(4)37-29(35)41-25-16-15-23(18-26(25)42-30(36)38-20(5)14-11-2)17-24(32)27(33)39-21(6)22(7)40-28(34)31(8,9)12-3/h15-16,18-22,24H,10-14,17,32H2,1-9H3/t19?,20?,21-,22-,24-/m0/s1. The zero-order chi connectivity index (χ0) is 32.0. The van der Waals surface area contributed by atoms with Crippen molar-refractivity contribution in [3.05, 3.63) is 23.8 Å². The second-order valence-corrected chi connectivity index (χ2v) is 11.2. The van der Waals surface area contributed by atoms with Gasteiger partial charge in [0.2, 0.25) is 0 Å². The molecule has 238 valence electrons. The predicted octanol–water partition coefficient (Wildman–Crippen LogP) is 6.26. The minimum absolute atomic E-state index is 0.0124. The molecule has 1 aromatic rings. The molecule has 2 N–H and O–H groups in total. The van der Waals surface area contributed by atoms with Crippen LogP contribution in [0.4, 0.5) is 9.59 Å². The molecule has 0 heterocycles. The van der Waals surface area contributed by atoms with Crippen molar-refractivity contribution in [3.63, 3.8) is 0 Å². The van der Waals surface area contributed by atoms with Gasteiger partial charge in [-0.3, -0.25) is 9.59 Å². The van der Waals surface area contributed by atoms with Crippen LogP contribution in [-0.4, -0.2) is 54.7 Å². The molecule has 0 aliphatic rings. The van der Waals surface area contributed by atoms with Gasteiger partial charge in [0.1, 0.15) is 30.5 Å². The summed E-state index contributed by atoms with van der Waals surface area (Å²) in [6.45, 7) is 16.1. The van der Waals surface area contributed by atoms with Gasteiger partial charge in [0.05, 0.1) is 5.41 Å². The molecule has 11 nitrogen and oxygen atoms in total. The zero-order valence-electron chi connectivity index (χ0n) is 26.5. The lowest BCUT2D eigenvalue weighted by Crippen LogP contribution is -2.40. The van der Waals surface area contributed by atoms with Gasteiger partial charge >= 0.3 is 24.2 Å². The van der Waals surface area contributed by atoms with E-state index >= 15 is 0 Å². The second-order valence-electron chi connectivity index (χ2n) is 11.2. The molecule has 0 aliphatic heterocycles. The summed E-state index contributed by atoms with van der Waals surface area (Å²) in [5.74, 6) is -1.26. The average molecular weight is 596 g/mol. The van der Waals surface area contributed by atoms with Gasteiger partial charge < -0.3 is 34.2 Å². The summed E-state index contributed by atoms with van der Waals surface area (Å²) >= 11 is 0. The van der Waals surface area contributed by atoms with Gasteiger partial charge in [0.15, 0.2) is 11.5 Å². The van der Waals surface area contributed by atoms with Gasteiger partial charge in [-0.25, -0.2) is 9.59 Å². The SMILES string of the molecule is CCCC(C)OC(=O)Oc1ccc(C[C@H](N)C(=O)O[C@@H](C)[C@H](C)OC(=O)C(C)(C)CC)cc1OC(=O)OC(C)CCC. The maximum atomic E-state index is 12.7. The van der Waals surface area contributed by atoms with E-state index in [0.717, 1.165) is 12.8 Å². The molecule has 0 fully saturated rings. The lowest BCUT2D eigenvalue weighted by molar-refractivity contribution is -0.172. The van der Waals surface area contributed by atoms with Crippen LogP contribution in [0.15, 0.2) is 18.2 Å². The summed E-state index contributed by atoms with van der Waals surface area (Å²) in [5.41, 5.74) is 5.97. The van der Waals surface area contributed by atoms with Crippen LogP contribution in [0.3, 0.4) is 0 Å². The molecule has 42 heavy (non-hydrogen) atoms. The molecule has 11 heteroatoms. The molecule has 0 bridgehead atoms. The number of hydrogen-bond acceptors (Lipinski definition) is 11. The molecule has 0 aromatic heterocycles. The fourth-order valence-corrected chi connectivity index (χ4v) is 3.60. The molecule has 1 aromatic carbocycles. The van der Waals surface area contributed by atoms with E-state index in [0.29, 0.717) is 24.8 Å². The molecule has 0 radical (unpaired) electrons. The molecule has 1 rings (SSSR count). The Labute approximate surface area is 249 Å². The number of carbonyl (C=O) groups is 4. The van der Waals surface area contributed by atoms with Gasteiger partial charge in [-0.15, -0.1) is 0 Å². The fraction of sp³-hybridized carbons (Fsp3) is 0.677. The van der Waals surface area contributed by atoms with Crippen molar-refractivity contribution in [1.29, 1.82) is 0 Å². The fourth-order valence-electron chi connectivity index (χ4n) is 3.60. The highest BCUT2D eigenvalue weighted by Gasteiger charge is 2.31. The lowest BCUT2D eigenvalue weighted by atomic mass is 9.90. The maximum absolute atomic E-state index is 12.7. The summed E-state index contributed by atoms with van der Waals surface area (Å²) in [5, 5.41) is 0. The molecule has 0 saturated carbocycles. The Morgan fingerprint density at radius 3 is 1.76 bits per heavy atom. The molecule has 0 saturated heterocycles. The molecule has 0 spiro atoms. The first-order chi connectivity index (χ1) is 19.6. The molecule has 0 aliphatic carbocycles. The minimum atomic E-state index is -1.08. The van der Waals surface area contributed by atoms with E-state index < -0.39 is 41.9 Å². The van der Waals surface area contributed by atoms with Crippen LogP contribution in [0.1, 0.15) is 100.0 Å². The third-order valence-corrected chi connectivity index (χ3v) is 6.83. The predicted molar refractivity (Wildman–Crippen MR) is 156 cm³/mol. The Hall–Kier alpha value is -3.34. The van der Waals surface area contributed by atoms with Crippen molar-refractivity contribution >= 4 is 24.2 Å². The number of rotatable bonds is 16. The second kappa shape index (κ2) is 17.6. The zero-order valence-corrected chi connectivity index (χ0v) is 26.5. The number of benzene rings is 1. The van der Waals surface area contributed by atoms with E-state index in [1.165, 1.54) is 12.1 Å². The van der Waals surface area contributed by atoms with Gasteiger partial charge in [0.25, 0.3) is 0 Å². The van der Waals surface area contributed by atoms with E-state index in [2.05, 4.69) is 0 Å². The van der Waals surface area contributed by atoms with Crippen LogP contribution >= 0.6 is 0 Å². The van der Waals surface area contributed by atoms with E-state index in [9.17, 15) is 19.2 Å². The summed E-state index contributed by atoms with van der Waals surface area (Å²) in [6, 6.07) is 3.33. The van der Waals surface area contributed by atoms with E-state index in [1.54, 1.807) is 47.6 Å². The number of hydrogen-bond donors (Lipinski definition) is 1. The molecule has 0 amide bonds. The highest BCUT2D eigenvalue weighted by atomic mass is 16.7. The van der Waals surface area contributed by atoms with Gasteiger partial charge in [-0.05, 0) is 84.9 Å². The molecular formula is C31H49NO10. The Morgan fingerprint density at radius 1 is 0.762 bits per heavy atom. The normalized spacial score (nSPS) is 14.9. The number of nitrogens with two attached hydrogens (primary N) is 1. The smallest absolute Gasteiger partial charge is 0.458 e. The van der Waals surface area contributed by atoms with Crippen LogP contribution in [-0.2, 0) is 35.0 Å². The van der Waals surface area contributed by atoms with Crippen LogP contribution in [0.2, 0.25) is 0 Å². The summed E-state index contributed by atoms with van der Waals surface area (Å²) in [6.07, 6.45) is -0.546. The van der Waals surface area contributed by atoms with Crippen molar-refractivity contribution in [3.8, 4) is 11.5 Å². The van der Waals surface area contributed by atoms with Crippen molar-refractivity contribution in [2.75, 3.05) is 0 Å². The third-order valence-electron chi connectivity index (χ3n) is 6.83. The average Bonchev–Trinajstić information content (AvgIpc) is 2.89. The number of esters is 2. The van der Waals surface area contributed by atoms with Crippen molar-refractivity contribution in [1.82, 2.24) is 0 Å². The Balaban J connectivity index is 3.00. The molecular weight excluding hydrogens is 546 g/mol. The largest absolute Gasteiger partial charge is 0.514 e. The van der Waals surface area contributed by atoms with Gasteiger partial charge in [-0.2, -0.15) is 0 Å². The monoisotopic (exact) mass is 595 g/mol. The van der Waals surface area contributed by atoms with Crippen molar-refractivity contribution in [2.24, 2.45) is 11.1 Å². The van der Waals surface area contributed by atoms with E-state index in [1.807, 2.05) is 20.8 Å². The molecule has 5 atom stereocenters. The van der Waals surface area contributed by atoms with Crippen LogP contribution < -0.4 is 15.2 Å². The topological polar surface area (TPSA) is 150 Å². The first-order valence-electron chi connectivity index (χ1n) is 14.7. The first kappa shape index (κ1) is 36.7.